The second-order valence-electron chi connectivity index (χ2n) is 6.53. The maximum Gasteiger partial charge on any atom is 0.270 e. The second-order valence-corrected chi connectivity index (χ2v) is 6.53. The first-order chi connectivity index (χ1) is 13.1. The van der Waals surface area contributed by atoms with Crippen molar-refractivity contribution in [3.8, 4) is 0 Å². The molecule has 0 spiro atoms. The number of benzene rings is 1. The summed E-state index contributed by atoms with van der Waals surface area (Å²) >= 11 is 0. The molecule has 1 aromatic carbocycles. The van der Waals surface area contributed by atoms with E-state index in [0.717, 1.165) is 43.6 Å². The Balaban J connectivity index is 2.06. The number of unbranched alkanes of at least 4 members (excludes halogenated alkanes) is 2. The molecule has 1 amide bonds. The van der Waals surface area contributed by atoms with Crippen LogP contribution in [0.25, 0.3) is 0 Å². The van der Waals surface area contributed by atoms with Gasteiger partial charge in [0.25, 0.3) is 5.91 Å². The van der Waals surface area contributed by atoms with Gasteiger partial charge in [-0.2, -0.15) is 0 Å². The number of anilines is 3. The van der Waals surface area contributed by atoms with Gasteiger partial charge in [-0.3, -0.25) is 4.79 Å². The van der Waals surface area contributed by atoms with Gasteiger partial charge in [0.1, 0.15) is 5.69 Å². The molecule has 0 aliphatic carbocycles. The van der Waals surface area contributed by atoms with Crippen molar-refractivity contribution in [2.45, 2.75) is 47.0 Å². The van der Waals surface area contributed by atoms with E-state index >= 15 is 0 Å². The van der Waals surface area contributed by atoms with Gasteiger partial charge in [-0.25, -0.2) is 9.97 Å². The van der Waals surface area contributed by atoms with Crippen molar-refractivity contribution in [2.24, 2.45) is 0 Å². The Kier molecular flexibility index (Phi) is 8.04. The van der Waals surface area contributed by atoms with E-state index in [0.29, 0.717) is 18.2 Å². The van der Waals surface area contributed by atoms with Crippen LogP contribution in [0.2, 0.25) is 0 Å². The van der Waals surface area contributed by atoms with E-state index in [9.17, 15) is 4.79 Å². The Morgan fingerprint density at radius 1 is 1.11 bits per heavy atom. The van der Waals surface area contributed by atoms with Crippen LogP contribution >= 0.6 is 0 Å². The highest BCUT2D eigenvalue weighted by Gasteiger charge is 2.10. The monoisotopic (exact) mass is 369 g/mol. The Morgan fingerprint density at radius 3 is 2.56 bits per heavy atom. The Labute approximate surface area is 162 Å². The first-order valence-electron chi connectivity index (χ1n) is 9.82. The van der Waals surface area contributed by atoms with Gasteiger partial charge in [-0.1, -0.05) is 19.8 Å². The number of aromatic nitrogens is 2. The second kappa shape index (κ2) is 10.5. The molecule has 27 heavy (non-hydrogen) atoms. The topological polar surface area (TPSA) is 70.2 Å². The number of rotatable bonds is 10. The van der Waals surface area contributed by atoms with Gasteiger partial charge in [0.2, 0.25) is 5.95 Å². The highest BCUT2D eigenvalue weighted by molar-refractivity contribution is 5.92. The molecular weight excluding hydrogens is 338 g/mol. The van der Waals surface area contributed by atoms with Crippen LogP contribution in [0, 0.1) is 6.92 Å². The number of amides is 1. The van der Waals surface area contributed by atoms with Crippen LogP contribution in [-0.2, 0) is 0 Å². The number of nitrogens with one attached hydrogen (secondary N) is 2. The van der Waals surface area contributed by atoms with E-state index in [1.165, 1.54) is 5.69 Å². The van der Waals surface area contributed by atoms with E-state index in [1.807, 2.05) is 6.07 Å². The molecule has 0 bridgehead atoms. The standard InChI is InChI=1S/C21H31N5O/c1-5-8-9-13-22-20(27)19-12-14-23-21(25-19)24-18-11-10-17(15-16(18)4)26(6-2)7-3/h10-12,14-15H,5-9,13H2,1-4H3,(H,22,27)(H,23,24,25). The van der Waals surface area contributed by atoms with Crippen molar-refractivity contribution in [3.63, 3.8) is 0 Å². The molecular formula is C21H31N5O. The van der Waals surface area contributed by atoms with Crippen molar-refractivity contribution in [1.29, 1.82) is 0 Å². The maximum atomic E-state index is 12.2. The molecule has 0 radical (unpaired) electrons. The molecule has 0 atom stereocenters. The van der Waals surface area contributed by atoms with Crippen molar-refractivity contribution in [1.82, 2.24) is 15.3 Å². The summed E-state index contributed by atoms with van der Waals surface area (Å²) < 4.78 is 0. The first-order valence-corrected chi connectivity index (χ1v) is 9.82. The van der Waals surface area contributed by atoms with E-state index in [4.69, 9.17) is 0 Å². The van der Waals surface area contributed by atoms with Crippen LogP contribution in [-0.4, -0.2) is 35.5 Å². The summed E-state index contributed by atoms with van der Waals surface area (Å²) in [5.74, 6) is 0.264. The van der Waals surface area contributed by atoms with Crippen LogP contribution in [0.3, 0.4) is 0 Å². The normalized spacial score (nSPS) is 10.5. The number of aryl methyl sites for hydroxylation is 1. The van der Waals surface area contributed by atoms with Crippen LogP contribution in [0.15, 0.2) is 30.5 Å². The lowest BCUT2D eigenvalue weighted by Gasteiger charge is -2.22. The van der Waals surface area contributed by atoms with Gasteiger partial charge >= 0.3 is 0 Å². The van der Waals surface area contributed by atoms with Gasteiger partial charge in [-0.05, 0) is 57.0 Å². The van der Waals surface area contributed by atoms with E-state index in [1.54, 1.807) is 12.3 Å². The zero-order valence-corrected chi connectivity index (χ0v) is 16.9. The molecule has 6 heteroatoms. The smallest absolute Gasteiger partial charge is 0.270 e. The summed E-state index contributed by atoms with van der Waals surface area (Å²) in [6.07, 6.45) is 4.83. The number of carbonyl (C=O) groups excluding carboxylic acids is 1. The van der Waals surface area contributed by atoms with Gasteiger partial charge in [0, 0.05) is 37.2 Å². The maximum absolute atomic E-state index is 12.2. The molecule has 2 rings (SSSR count). The Morgan fingerprint density at radius 2 is 1.89 bits per heavy atom. The fourth-order valence-corrected chi connectivity index (χ4v) is 2.91. The molecule has 6 nitrogen and oxygen atoms in total. The molecule has 2 N–H and O–H groups in total. The van der Waals surface area contributed by atoms with Crippen molar-refractivity contribution in [2.75, 3.05) is 29.9 Å². The highest BCUT2D eigenvalue weighted by Crippen LogP contribution is 2.24. The lowest BCUT2D eigenvalue weighted by atomic mass is 10.1. The first kappa shape index (κ1) is 20.7. The Hall–Kier alpha value is -2.63. The number of hydrogen-bond acceptors (Lipinski definition) is 5. The number of nitrogens with zero attached hydrogens (tertiary/aromatic N) is 3. The molecule has 0 aliphatic rings. The molecule has 0 saturated carbocycles. The van der Waals surface area contributed by atoms with E-state index in [-0.39, 0.29) is 5.91 Å². The summed E-state index contributed by atoms with van der Waals surface area (Å²) in [7, 11) is 0. The van der Waals surface area contributed by atoms with Crippen LogP contribution in [0.1, 0.15) is 56.1 Å². The third-order valence-electron chi connectivity index (χ3n) is 4.54. The average Bonchev–Trinajstić information content (AvgIpc) is 2.68. The van der Waals surface area contributed by atoms with Crippen molar-refractivity contribution < 1.29 is 4.79 Å². The largest absolute Gasteiger partial charge is 0.372 e. The minimum atomic E-state index is -0.162. The van der Waals surface area contributed by atoms with Gasteiger partial charge in [0.15, 0.2) is 0 Å². The third-order valence-corrected chi connectivity index (χ3v) is 4.54. The molecule has 0 saturated heterocycles. The van der Waals surface area contributed by atoms with Crippen molar-refractivity contribution in [3.05, 3.63) is 41.7 Å². The molecule has 0 fully saturated rings. The SMILES string of the molecule is CCCCCNC(=O)c1ccnc(Nc2ccc(N(CC)CC)cc2C)n1. The summed E-state index contributed by atoms with van der Waals surface area (Å²) in [5, 5.41) is 6.13. The van der Waals surface area contributed by atoms with E-state index < -0.39 is 0 Å². The number of hydrogen-bond donors (Lipinski definition) is 2. The fraction of sp³-hybridized carbons (Fsp3) is 0.476. The van der Waals surface area contributed by atoms with Crippen LogP contribution < -0.4 is 15.5 Å². The molecule has 146 valence electrons. The molecule has 2 aromatic rings. The molecule has 0 aliphatic heterocycles. The summed E-state index contributed by atoms with van der Waals surface area (Å²) in [6, 6.07) is 7.91. The minimum absolute atomic E-state index is 0.162. The van der Waals surface area contributed by atoms with Gasteiger partial charge in [0.05, 0.1) is 0 Å². The summed E-state index contributed by atoms with van der Waals surface area (Å²) in [6.45, 7) is 11.1. The Bertz CT molecular complexity index is 743. The van der Waals surface area contributed by atoms with Crippen molar-refractivity contribution >= 4 is 23.2 Å². The molecule has 1 heterocycles. The van der Waals surface area contributed by atoms with Gasteiger partial charge < -0.3 is 15.5 Å². The summed E-state index contributed by atoms with van der Waals surface area (Å²) in [5.41, 5.74) is 3.62. The fourth-order valence-electron chi connectivity index (χ4n) is 2.91. The van der Waals surface area contributed by atoms with Crippen LogP contribution in [0.5, 0.6) is 0 Å². The zero-order chi connectivity index (χ0) is 19.6. The molecule has 0 unspecified atom stereocenters. The van der Waals surface area contributed by atoms with E-state index in [2.05, 4.69) is 65.3 Å². The highest BCUT2D eigenvalue weighted by atomic mass is 16.1. The lowest BCUT2D eigenvalue weighted by molar-refractivity contribution is 0.0948. The van der Waals surface area contributed by atoms with Crippen LogP contribution in [0.4, 0.5) is 17.3 Å². The predicted octanol–water partition coefficient (Wildman–Crippen LogP) is 4.29. The molecule has 1 aromatic heterocycles. The van der Waals surface area contributed by atoms with Gasteiger partial charge in [-0.15, -0.1) is 0 Å². The summed E-state index contributed by atoms with van der Waals surface area (Å²) in [4.78, 5) is 23.1. The predicted molar refractivity (Wildman–Crippen MR) is 112 cm³/mol. The lowest BCUT2D eigenvalue weighted by Crippen LogP contribution is -2.25. The third kappa shape index (κ3) is 5.94. The minimum Gasteiger partial charge on any atom is -0.372 e. The zero-order valence-electron chi connectivity index (χ0n) is 16.9. The quantitative estimate of drug-likeness (QED) is 0.611. The number of carbonyl (C=O) groups is 1. The average molecular weight is 370 g/mol.